The minimum atomic E-state index is -0.381. The maximum Gasteiger partial charge on any atom is 0.146 e. The lowest BCUT2D eigenvalue weighted by atomic mass is 10.2. The number of hydrogen-bond acceptors (Lipinski definition) is 3. The summed E-state index contributed by atoms with van der Waals surface area (Å²) >= 11 is 0. The number of rotatable bonds is 5. The Morgan fingerprint density at radius 3 is 2.81 bits per heavy atom. The number of nitrogens with two attached hydrogens (primary N) is 1. The molecule has 1 aromatic carbocycles. The van der Waals surface area contributed by atoms with Crippen LogP contribution in [0.15, 0.2) is 18.2 Å². The molecular formula is C12H16FN3. The van der Waals surface area contributed by atoms with Crippen LogP contribution in [-0.2, 0) is 6.54 Å². The van der Waals surface area contributed by atoms with Gasteiger partial charge in [-0.15, -0.1) is 0 Å². The van der Waals surface area contributed by atoms with Crippen LogP contribution in [0.2, 0.25) is 0 Å². The molecule has 0 aliphatic heterocycles. The summed E-state index contributed by atoms with van der Waals surface area (Å²) in [4.78, 5) is 2.09. The lowest BCUT2D eigenvalue weighted by molar-refractivity contribution is 0.286. The van der Waals surface area contributed by atoms with Gasteiger partial charge in [0.2, 0.25) is 0 Å². The molecule has 0 amide bonds. The number of benzene rings is 1. The molecule has 0 saturated carbocycles. The number of nitriles is 1. The third kappa shape index (κ3) is 3.52. The van der Waals surface area contributed by atoms with Crippen molar-refractivity contribution in [2.45, 2.75) is 19.9 Å². The Labute approximate surface area is 95.3 Å². The van der Waals surface area contributed by atoms with E-state index in [1.807, 2.05) is 13.0 Å². The number of halogens is 1. The van der Waals surface area contributed by atoms with Gasteiger partial charge in [-0.25, -0.2) is 4.39 Å². The van der Waals surface area contributed by atoms with Gasteiger partial charge in [-0.2, -0.15) is 5.26 Å². The van der Waals surface area contributed by atoms with Gasteiger partial charge >= 0.3 is 0 Å². The van der Waals surface area contributed by atoms with Crippen LogP contribution in [0.25, 0.3) is 0 Å². The van der Waals surface area contributed by atoms with Gasteiger partial charge in [0.15, 0.2) is 0 Å². The number of nitrogens with zero attached hydrogens (tertiary/aromatic N) is 2. The van der Waals surface area contributed by atoms with Crippen LogP contribution in [0.4, 0.5) is 10.1 Å². The van der Waals surface area contributed by atoms with Crippen LogP contribution in [0.3, 0.4) is 0 Å². The second-order valence-electron chi connectivity index (χ2n) is 3.63. The summed E-state index contributed by atoms with van der Waals surface area (Å²) in [7, 11) is 0. The van der Waals surface area contributed by atoms with Gasteiger partial charge in [-0.05, 0) is 24.2 Å². The maximum absolute atomic E-state index is 13.2. The zero-order valence-corrected chi connectivity index (χ0v) is 9.41. The summed E-state index contributed by atoms with van der Waals surface area (Å²) in [5, 5.41) is 8.50. The van der Waals surface area contributed by atoms with Crippen LogP contribution in [-0.4, -0.2) is 18.0 Å². The summed E-state index contributed by atoms with van der Waals surface area (Å²) in [6.45, 7) is 4.22. The fourth-order valence-electron chi connectivity index (χ4n) is 1.48. The first kappa shape index (κ1) is 12.5. The topological polar surface area (TPSA) is 53.0 Å². The summed E-state index contributed by atoms with van der Waals surface area (Å²) < 4.78 is 13.2. The Balaban J connectivity index is 2.63. The van der Waals surface area contributed by atoms with Crippen LogP contribution < -0.4 is 5.73 Å². The lowest BCUT2D eigenvalue weighted by Gasteiger charge is -2.19. The highest BCUT2D eigenvalue weighted by Crippen LogP contribution is 2.13. The molecule has 1 rings (SSSR count). The predicted molar refractivity (Wildman–Crippen MR) is 62.0 cm³/mol. The van der Waals surface area contributed by atoms with Gasteiger partial charge in [0.1, 0.15) is 5.82 Å². The largest absolute Gasteiger partial charge is 0.396 e. The van der Waals surface area contributed by atoms with Crippen molar-refractivity contribution in [2.75, 3.05) is 18.8 Å². The zero-order valence-electron chi connectivity index (χ0n) is 9.41. The van der Waals surface area contributed by atoms with Crippen molar-refractivity contribution in [3.63, 3.8) is 0 Å². The first-order valence-corrected chi connectivity index (χ1v) is 5.30. The van der Waals surface area contributed by atoms with E-state index >= 15 is 0 Å². The average molecular weight is 221 g/mol. The third-order valence-electron chi connectivity index (χ3n) is 2.46. The first-order valence-electron chi connectivity index (χ1n) is 5.30. The molecule has 16 heavy (non-hydrogen) atoms. The van der Waals surface area contributed by atoms with Gasteiger partial charge in [0.05, 0.1) is 11.8 Å². The van der Waals surface area contributed by atoms with E-state index in [1.54, 1.807) is 6.07 Å². The number of hydrogen-bond donors (Lipinski definition) is 1. The van der Waals surface area contributed by atoms with E-state index < -0.39 is 0 Å². The van der Waals surface area contributed by atoms with E-state index in [0.717, 1.165) is 12.1 Å². The standard InChI is InChI=1S/C12H16FN3/c1-2-16(7-3-6-14)9-10-4-5-12(15)11(13)8-10/h4-5,8H,2-3,7,9,15H2,1H3. The molecule has 0 spiro atoms. The van der Waals surface area contributed by atoms with Gasteiger partial charge in [0, 0.05) is 19.5 Å². The van der Waals surface area contributed by atoms with E-state index in [-0.39, 0.29) is 11.5 Å². The maximum atomic E-state index is 13.2. The molecule has 1 aromatic rings. The average Bonchev–Trinajstić information content (AvgIpc) is 2.29. The number of nitrogen functional groups attached to an aromatic ring is 1. The normalized spacial score (nSPS) is 10.4. The second kappa shape index (κ2) is 6.09. The van der Waals surface area contributed by atoms with Crippen molar-refractivity contribution in [3.8, 4) is 6.07 Å². The molecule has 0 bridgehead atoms. The zero-order chi connectivity index (χ0) is 12.0. The fourth-order valence-corrected chi connectivity index (χ4v) is 1.48. The number of anilines is 1. The summed E-state index contributed by atoms with van der Waals surface area (Å²) in [5.74, 6) is -0.381. The molecular weight excluding hydrogens is 205 g/mol. The fraction of sp³-hybridized carbons (Fsp3) is 0.417. The van der Waals surface area contributed by atoms with Gasteiger partial charge in [-0.3, -0.25) is 4.90 Å². The smallest absolute Gasteiger partial charge is 0.146 e. The highest BCUT2D eigenvalue weighted by atomic mass is 19.1. The van der Waals surface area contributed by atoms with Crippen molar-refractivity contribution in [2.24, 2.45) is 0 Å². The Morgan fingerprint density at radius 2 is 2.25 bits per heavy atom. The van der Waals surface area contributed by atoms with Crippen molar-refractivity contribution in [1.82, 2.24) is 4.90 Å². The Morgan fingerprint density at radius 1 is 1.50 bits per heavy atom. The van der Waals surface area contributed by atoms with Crippen LogP contribution in [0, 0.1) is 17.1 Å². The van der Waals surface area contributed by atoms with E-state index in [2.05, 4.69) is 11.0 Å². The van der Waals surface area contributed by atoms with Gasteiger partial charge < -0.3 is 5.73 Å². The molecule has 0 heterocycles. The molecule has 0 atom stereocenters. The molecule has 0 radical (unpaired) electrons. The van der Waals surface area contributed by atoms with E-state index in [4.69, 9.17) is 11.0 Å². The minimum Gasteiger partial charge on any atom is -0.396 e. The highest BCUT2D eigenvalue weighted by molar-refractivity contribution is 5.41. The molecule has 0 saturated heterocycles. The van der Waals surface area contributed by atoms with E-state index in [9.17, 15) is 4.39 Å². The molecule has 0 unspecified atom stereocenters. The molecule has 3 nitrogen and oxygen atoms in total. The Hall–Kier alpha value is -1.60. The van der Waals surface area contributed by atoms with Crippen molar-refractivity contribution in [1.29, 1.82) is 5.26 Å². The molecule has 86 valence electrons. The molecule has 2 N–H and O–H groups in total. The molecule has 0 aliphatic rings. The van der Waals surface area contributed by atoms with Crippen molar-refractivity contribution in [3.05, 3.63) is 29.6 Å². The SMILES string of the molecule is CCN(CCC#N)Cc1ccc(N)c(F)c1. The summed E-state index contributed by atoms with van der Waals surface area (Å²) in [6, 6.07) is 6.94. The van der Waals surface area contributed by atoms with Crippen LogP contribution in [0.1, 0.15) is 18.9 Å². The predicted octanol–water partition coefficient (Wildman–Crippen LogP) is 2.14. The summed E-state index contributed by atoms with van der Waals surface area (Å²) in [6.07, 6.45) is 0.491. The molecule has 4 heteroatoms. The van der Waals surface area contributed by atoms with Crippen LogP contribution in [0.5, 0.6) is 0 Å². The van der Waals surface area contributed by atoms with E-state index in [1.165, 1.54) is 6.07 Å². The molecule has 0 aromatic heterocycles. The monoisotopic (exact) mass is 221 g/mol. The second-order valence-corrected chi connectivity index (χ2v) is 3.63. The van der Waals surface area contributed by atoms with Crippen molar-refractivity contribution >= 4 is 5.69 Å². The quantitative estimate of drug-likeness (QED) is 0.775. The lowest BCUT2D eigenvalue weighted by Crippen LogP contribution is -2.23. The Kier molecular flexibility index (Phi) is 4.74. The minimum absolute atomic E-state index is 0.170. The molecule has 0 aliphatic carbocycles. The molecule has 0 fully saturated rings. The Bertz CT molecular complexity index is 384. The highest BCUT2D eigenvalue weighted by Gasteiger charge is 2.05. The van der Waals surface area contributed by atoms with Crippen molar-refractivity contribution < 1.29 is 4.39 Å². The summed E-state index contributed by atoms with van der Waals surface area (Å²) in [5.41, 5.74) is 6.45. The third-order valence-corrected chi connectivity index (χ3v) is 2.46. The van der Waals surface area contributed by atoms with E-state index in [0.29, 0.717) is 19.5 Å². The van der Waals surface area contributed by atoms with Crippen LogP contribution >= 0.6 is 0 Å². The van der Waals surface area contributed by atoms with Gasteiger partial charge in [-0.1, -0.05) is 13.0 Å². The first-order chi connectivity index (χ1) is 7.67. The van der Waals surface area contributed by atoms with Gasteiger partial charge in [0.25, 0.3) is 0 Å².